The summed E-state index contributed by atoms with van der Waals surface area (Å²) in [4.78, 5) is 8.59. The lowest BCUT2D eigenvalue weighted by atomic mass is 9.95. The van der Waals surface area contributed by atoms with E-state index in [9.17, 15) is 0 Å². The van der Waals surface area contributed by atoms with Crippen molar-refractivity contribution < 1.29 is 0 Å². The standard InChI is InChI=1S/C13H17ClN4.C7H13N.2C2H6/c1-18-8-7-10-11(18)12(17-13(14)16-10)15-9-5-3-2-4-6-9;1-2-7(1)3-5-8-6-4-7;2*1-2/h7-9H,2-6H2,1H3,(H,15,16,17);8H,1-6H2;2*1-2H3. The Bertz CT molecular complexity index is 739. The highest BCUT2D eigenvalue weighted by atomic mass is 35.5. The molecular formula is C24H42ClN5. The molecule has 2 aromatic rings. The third-order valence-corrected chi connectivity index (χ3v) is 6.43. The van der Waals surface area contributed by atoms with Crippen LogP contribution in [0.3, 0.4) is 0 Å². The van der Waals surface area contributed by atoms with E-state index in [1.165, 1.54) is 70.9 Å². The molecule has 0 radical (unpaired) electrons. The second kappa shape index (κ2) is 12.5. The van der Waals surface area contributed by atoms with Crippen LogP contribution in [-0.4, -0.2) is 33.7 Å². The van der Waals surface area contributed by atoms with Crippen LogP contribution in [0.25, 0.3) is 11.0 Å². The smallest absolute Gasteiger partial charge is 0.225 e. The molecule has 6 heteroatoms. The summed E-state index contributed by atoms with van der Waals surface area (Å²) in [5.41, 5.74) is 2.80. The number of rotatable bonds is 2. The first-order valence-corrected chi connectivity index (χ1v) is 12.5. The van der Waals surface area contributed by atoms with Gasteiger partial charge in [-0.3, -0.25) is 0 Å². The van der Waals surface area contributed by atoms with Crippen molar-refractivity contribution in [3.63, 3.8) is 0 Å². The van der Waals surface area contributed by atoms with E-state index < -0.39 is 0 Å². The van der Waals surface area contributed by atoms with Gasteiger partial charge in [0, 0.05) is 19.3 Å². The highest BCUT2D eigenvalue weighted by Gasteiger charge is 2.42. The number of nitrogens with zero attached hydrogens (tertiary/aromatic N) is 3. The largest absolute Gasteiger partial charge is 0.365 e. The maximum Gasteiger partial charge on any atom is 0.225 e. The number of hydrogen-bond donors (Lipinski definition) is 2. The van der Waals surface area contributed by atoms with Gasteiger partial charge in [-0.1, -0.05) is 47.0 Å². The number of fused-ring (bicyclic) bond motifs is 1. The van der Waals surface area contributed by atoms with Gasteiger partial charge in [0.1, 0.15) is 5.52 Å². The van der Waals surface area contributed by atoms with Crippen LogP contribution in [0.2, 0.25) is 5.28 Å². The maximum absolute atomic E-state index is 5.98. The highest BCUT2D eigenvalue weighted by molar-refractivity contribution is 6.28. The van der Waals surface area contributed by atoms with Crippen LogP contribution in [0.5, 0.6) is 0 Å². The number of aromatic nitrogens is 3. The van der Waals surface area contributed by atoms with Crippen molar-refractivity contribution in [1.29, 1.82) is 0 Å². The van der Waals surface area contributed by atoms with Gasteiger partial charge >= 0.3 is 0 Å². The lowest BCUT2D eigenvalue weighted by Gasteiger charge is -2.23. The van der Waals surface area contributed by atoms with E-state index in [0.717, 1.165) is 22.3 Å². The van der Waals surface area contributed by atoms with E-state index in [1.54, 1.807) is 0 Å². The first-order chi connectivity index (χ1) is 14.7. The Morgan fingerprint density at radius 3 is 2.20 bits per heavy atom. The minimum Gasteiger partial charge on any atom is -0.365 e. The van der Waals surface area contributed by atoms with Crippen LogP contribution in [0.4, 0.5) is 5.82 Å². The van der Waals surface area contributed by atoms with E-state index in [4.69, 9.17) is 11.6 Å². The van der Waals surface area contributed by atoms with E-state index >= 15 is 0 Å². The second-order valence-corrected chi connectivity index (χ2v) is 8.57. The summed E-state index contributed by atoms with van der Waals surface area (Å²) in [6, 6.07) is 2.48. The van der Waals surface area contributed by atoms with E-state index in [-0.39, 0.29) is 0 Å². The molecule has 2 saturated carbocycles. The van der Waals surface area contributed by atoms with Gasteiger partial charge in [-0.2, -0.15) is 4.98 Å². The number of anilines is 1. The van der Waals surface area contributed by atoms with Crippen LogP contribution < -0.4 is 10.6 Å². The lowest BCUT2D eigenvalue weighted by molar-refractivity contribution is 0.353. The van der Waals surface area contributed by atoms with Gasteiger partial charge in [-0.05, 0) is 74.7 Å². The van der Waals surface area contributed by atoms with Gasteiger partial charge in [0.05, 0.1) is 5.52 Å². The summed E-state index contributed by atoms with van der Waals surface area (Å²) in [6.45, 7) is 10.6. The molecule has 5 rings (SSSR count). The van der Waals surface area contributed by atoms with Crippen molar-refractivity contribution in [1.82, 2.24) is 19.9 Å². The first kappa shape index (κ1) is 24.9. The fraction of sp³-hybridized carbons (Fsp3) is 0.750. The van der Waals surface area contributed by atoms with Crippen molar-refractivity contribution >= 4 is 28.5 Å². The molecule has 3 fully saturated rings. The molecule has 2 aliphatic carbocycles. The molecule has 0 aromatic carbocycles. The molecule has 0 amide bonds. The SMILES string of the molecule is C1CC2(CCN1)CC2.CC.CC.Cn1ccc2nc(Cl)nc(NC3CCCCC3)c21. The Morgan fingerprint density at radius 2 is 1.63 bits per heavy atom. The fourth-order valence-electron chi connectivity index (χ4n) is 4.34. The minimum absolute atomic E-state index is 0.312. The number of nitrogens with one attached hydrogen (secondary N) is 2. The Kier molecular flexibility index (Phi) is 10.4. The third-order valence-electron chi connectivity index (χ3n) is 6.26. The van der Waals surface area contributed by atoms with Crippen LogP contribution in [0.15, 0.2) is 12.3 Å². The molecule has 3 heterocycles. The number of aryl methyl sites for hydroxylation is 1. The fourth-order valence-corrected chi connectivity index (χ4v) is 4.52. The maximum atomic E-state index is 5.98. The van der Waals surface area contributed by atoms with Crippen LogP contribution >= 0.6 is 11.6 Å². The van der Waals surface area contributed by atoms with Gasteiger partial charge in [0.2, 0.25) is 5.28 Å². The normalized spacial score (nSPS) is 19.5. The average Bonchev–Trinajstić information content (AvgIpc) is 3.43. The molecule has 170 valence electrons. The summed E-state index contributed by atoms with van der Waals surface area (Å²) in [5, 5.41) is 7.23. The molecule has 2 aromatic heterocycles. The van der Waals surface area contributed by atoms with Crippen molar-refractivity contribution in [2.75, 3.05) is 18.4 Å². The average molecular weight is 436 g/mol. The third kappa shape index (κ3) is 6.84. The van der Waals surface area contributed by atoms with Gasteiger partial charge in [-0.25, -0.2) is 4.98 Å². The minimum atomic E-state index is 0.312. The molecule has 30 heavy (non-hydrogen) atoms. The van der Waals surface area contributed by atoms with Gasteiger partial charge in [0.15, 0.2) is 5.82 Å². The molecule has 1 spiro atoms. The monoisotopic (exact) mass is 435 g/mol. The van der Waals surface area contributed by atoms with E-state index in [0.29, 0.717) is 11.3 Å². The Balaban J connectivity index is 0.000000222. The first-order valence-electron chi connectivity index (χ1n) is 12.1. The van der Waals surface area contributed by atoms with Crippen LogP contribution in [0, 0.1) is 5.41 Å². The van der Waals surface area contributed by atoms with Crippen molar-refractivity contribution in [3.05, 3.63) is 17.5 Å². The molecule has 1 aliphatic heterocycles. The van der Waals surface area contributed by atoms with Crippen LogP contribution in [-0.2, 0) is 7.05 Å². The zero-order chi connectivity index (χ0) is 22.0. The summed E-state index contributed by atoms with van der Waals surface area (Å²) in [6.07, 6.45) is 14.3. The summed E-state index contributed by atoms with van der Waals surface area (Å²) >= 11 is 5.98. The van der Waals surface area contributed by atoms with Crippen molar-refractivity contribution in [3.8, 4) is 0 Å². The summed E-state index contributed by atoms with van der Waals surface area (Å²) < 4.78 is 2.04. The Hall–Kier alpha value is -1.33. The number of hydrogen-bond acceptors (Lipinski definition) is 4. The molecule has 0 bridgehead atoms. The molecule has 2 N–H and O–H groups in total. The molecule has 5 nitrogen and oxygen atoms in total. The molecule has 0 atom stereocenters. The molecule has 1 saturated heterocycles. The number of piperidine rings is 1. The van der Waals surface area contributed by atoms with E-state index in [2.05, 4.69) is 20.6 Å². The van der Waals surface area contributed by atoms with Crippen molar-refractivity contribution in [2.24, 2.45) is 12.5 Å². The topological polar surface area (TPSA) is 54.8 Å². The summed E-state index contributed by atoms with van der Waals surface area (Å²) in [7, 11) is 2.01. The quantitative estimate of drug-likeness (QED) is 0.523. The van der Waals surface area contributed by atoms with Gasteiger partial charge in [0.25, 0.3) is 0 Å². The van der Waals surface area contributed by atoms with Crippen LogP contribution in [0.1, 0.15) is 85.5 Å². The predicted octanol–water partition coefficient (Wildman–Crippen LogP) is 6.57. The van der Waals surface area contributed by atoms with E-state index in [1.807, 2.05) is 51.6 Å². The highest BCUT2D eigenvalue weighted by Crippen LogP contribution is 2.52. The second-order valence-electron chi connectivity index (χ2n) is 8.23. The van der Waals surface area contributed by atoms with Gasteiger partial charge in [-0.15, -0.1) is 0 Å². The predicted molar refractivity (Wildman–Crippen MR) is 130 cm³/mol. The zero-order valence-electron chi connectivity index (χ0n) is 19.7. The molecular weight excluding hydrogens is 394 g/mol. The zero-order valence-corrected chi connectivity index (χ0v) is 20.5. The van der Waals surface area contributed by atoms with Gasteiger partial charge < -0.3 is 15.2 Å². The van der Waals surface area contributed by atoms with Crippen molar-refractivity contribution in [2.45, 2.75) is 91.5 Å². The molecule has 0 unspecified atom stereocenters. The summed E-state index contributed by atoms with van der Waals surface area (Å²) in [5.74, 6) is 0.865. The lowest BCUT2D eigenvalue weighted by Crippen LogP contribution is -2.28. The Morgan fingerprint density at radius 1 is 1.00 bits per heavy atom. The molecule has 3 aliphatic rings. The number of halogens is 1. The Labute approximate surface area is 188 Å².